The smallest absolute Gasteiger partial charge is 0.161 e. The molecule has 0 bridgehead atoms. The molecule has 2 fully saturated rings. The molecule has 4 radical (unpaired) electrons. The topological polar surface area (TPSA) is 36.9 Å². The van der Waals surface area contributed by atoms with Crippen LogP contribution in [-0.2, 0) is 18.9 Å². The van der Waals surface area contributed by atoms with Crippen LogP contribution >= 0.6 is 0 Å². The van der Waals surface area contributed by atoms with Crippen molar-refractivity contribution in [2.45, 2.75) is 40.3 Å². The first-order valence-corrected chi connectivity index (χ1v) is 6.76. The van der Waals surface area contributed by atoms with Crippen LogP contribution in [0.25, 0.3) is 0 Å². The summed E-state index contributed by atoms with van der Waals surface area (Å²) in [7, 11) is 0. The lowest BCUT2D eigenvalue weighted by Gasteiger charge is -2.44. The highest BCUT2D eigenvalue weighted by Gasteiger charge is 2.42. The predicted octanol–water partition coefficient (Wildman–Crippen LogP) is 2.36. The van der Waals surface area contributed by atoms with Crippen molar-refractivity contribution in [1.82, 2.24) is 0 Å². The second-order valence-corrected chi connectivity index (χ2v) is 5.97. The van der Waals surface area contributed by atoms with Crippen molar-refractivity contribution in [3.8, 4) is 0 Å². The van der Waals surface area contributed by atoms with E-state index in [1.54, 1.807) is 0 Å². The van der Waals surface area contributed by atoms with E-state index >= 15 is 0 Å². The molecular weight excluding hydrogens is 244 g/mol. The maximum Gasteiger partial charge on any atom is 0.161 e. The molecule has 2 rings (SSSR count). The molecule has 2 heterocycles. The van der Waals surface area contributed by atoms with Crippen molar-refractivity contribution in [2.75, 3.05) is 26.4 Å². The zero-order valence-corrected chi connectivity index (χ0v) is 12.3. The van der Waals surface area contributed by atoms with Gasteiger partial charge in [-0.15, -0.1) is 0 Å². The molecule has 0 N–H and O–H groups in total. The summed E-state index contributed by atoms with van der Waals surface area (Å²) in [6.45, 7) is 10.6. The van der Waals surface area contributed by atoms with Crippen LogP contribution in [0.15, 0.2) is 0 Å². The van der Waals surface area contributed by atoms with Crippen molar-refractivity contribution in [3.63, 3.8) is 0 Å². The standard InChI is InChI=1S/C15H24O4/c1-11(2)5-13-16-7-15(8-17-13)9-18-14(19-10-15)6-12(3)4/h5-6,13-14H,7-10H2,1-4H3. The van der Waals surface area contributed by atoms with Gasteiger partial charge in [0.1, 0.15) is 0 Å². The second-order valence-electron chi connectivity index (χ2n) is 5.97. The van der Waals surface area contributed by atoms with E-state index in [1.165, 1.54) is 11.8 Å². The number of ether oxygens (including phenoxy) is 4. The SMILES string of the molecule is C[C](C)[CH]C1OCC2(CO1)COC([CH][C](C)C)OC2. The molecule has 108 valence electrons. The molecule has 0 aromatic carbocycles. The second kappa shape index (κ2) is 6.53. The molecule has 19 heavy (non-hydrogen) atoms. The normalized spacial score (nSPS) is 36.3. The monoisotopic (exact) mass is 268 g/mol. The maximum atomic E-state index is 5.72. The fourth-order valence-corrected chi connectivity index (χ4v) is 2.12. The van der Waals surface area contributed by atoms with Gasteiger partial charge < -0.3 is 18.9 Å². The van der Waals surface area contributed by atoms with Crippen LogP contribution in [0.1, 0.15) is 27.7 Å². The van der Waals surface area contributed by atoms with Crippen LogP contribution in [0.3, 0.4) is 0 Å². The largest absolute Gasteiger partial charge is 0.351 e. The first-order valence-electron chi connectivity index (χ1n) is 6.76. The highest BCUT2D eigenvalue weighted by atomic mass is 16.7. The van der Waals surface area contributed by atoms with Gasteiger partial charge in [-0.1, -0.05) is 27.7 Å². The molecule has 4 heteroatoms. The third-order valence-electron chi connectivity index (χ3n) is 3.15. The van der Waals surface area contributed by atoms with Crippen LogP contribution in [-0.4, -0.2) is 39.0 Å². The minimum Gasteiger partial charge on any atom is -0.351 e. The van der Waals surface area contributed by atoms with Gasteiger partial charge in [-0.2, -0.15) is 0 Å². The van der Waals surface area contributed by atoms with Crippen LogP contribution in [0.2, 0.25) is 0 Å². The van der Waals surface area contributed by atoms with E-state index in [0.29, 0.717) is 26.4 Å². The lowest BCUT2D eigenvalue weighted by molar-refractivity contribution is -0.288. The van der Waals surface area contributed by atoms with Gasteiger partial charge in [0.05, 0.1) is 31.8 Å². The molecule has 0 aliphatic carbocycles. The average Bonchev–Trinajstić information content (AvgIpc) is 2.34. The Labute approximate surface area is 116 Å². The third-order valence-corrected chi connectivity index (χ3v) is 3.15. The van der Waals surface area contributed by atoms with Crippen molar-refractivity contribution < 1.29 is 18.9 Å². The Balaban J connectivity index is 1.75. The lowest BCUT2D eigenvalue weighted by Crippen LogP contribution is -2.52. The van der Waals surface area contributed by atoms with Gasteiger partial charge in [0.2, 0.25) is 0 Å². The van der Waals surface area contributed by atoms with Gasteiger partial charge in [-0.3, -0.25) is 0 Å². The lowest BCUT2D eigenvalue weighted by atomic mass is 9.90. The molecular formula is C15H24O4. The van der Waals surface area contributed by atoms with Crippen LogP contribution in [0.5, 0.6) is 0 Å². The van der Waals surface area contributed by atoms with Crippen LogP contribution < -0.4 is 0 Å². The summed E-state index contributed by atoms with van der Waals surface area (Å²) in [5.74, 6) is 2.39. The third kappa shape index (κ3) is 4.42. The highest BCUT2D eigenvalue weighted by molar-refractivity contribution is 5.01. The van der Waals surface area contributed by atoms with E-state index < -0.39 is 0 Å². The molecule has 1 spiro atoms. The Kier molecular flexibility index (Phi) is 5.23. The van der Waals surface area contributed by atoms with E-state index in [1.807, 2.05) is 40.5 Å². The fourth-order valence-electron chi connectivity index (χ4n) is 2.12. The van der Waals surface area contributed by atoms with Gasteiger partial charge in [0.25, 0.3) is 0 Å². The summed E-state index contributed by atoms with van der Waals surface area (Å²) in [6, 6.07) is 0. The van der Waals surface area contributed by atoms with Crippen molar-refractivity contribution in [1.29, 1.82) is 0 Å². The number of hydrogen-bond acceptors (Lipinski definition) is 4. The fraction of sp³-hybridized carbons (Fsp3) is 0.733. The molecule has 2 saturated heterocycles. The minimum atomic E-state index is -0.230. The van der Waals surface area contributed by atoms with Crippen molar-refractivity contribution >= 4 is 0 Å². The van der Waals surface area contributed by atoms with Gasteiger partial charge in [-0.25, -0.2) is 0 Å². The first-order chi connectivity index (χ1) is 8.99. The van der Waals surface area contributed by atoms with Crippen LogP contribution in [0, 0.1) is 30.1 Å². The summed E-state index contributed by atoms with van der Waals surface area (Å²) in [4.78, 5) is 0. The molecule has 2 aliphatic heterocycles. The Morgan fingerprint density at radius 2 is 1.05 bits per heavy atom. The van der Waals surface area contributed by atoms with E-state index in [-0.39, 0.29) is 18.0 Å². The molecule has 0 saturated carbocycles. The van der Waals surface area contributed by atoms with Gasteiger partial charge in [0, 0.05) is 12.8 Å². The summed E-state index contributed by atoms with van der Waals surface area (Å²) < 4.78 is 22.9. The van der Waals surface area contributed by atoms with Gasteiger partial charge in [-0.05, 0) is 11.8 Å². The number of rotatable bonds is 4. The minimum absolute atomic E-state index is 0.155. The highest BCUT2D eigenvalue weighted by Crippen LogP contribution is 2.32. The Bertz CT molecular complexity index is 230. The van der Waals surface area contributed by atoms with Gasteiger partial charge in [0.15, 0.2) is 12.6 Å². The van der Waals surface area contributed by atoms with Gasteiger partial charge >= 0.3 is 0 Å². The van der Waals surface area contributed by atoms with Crippen LogP contribution in [0.4, 0.5) is 0 Å². The quantitative estimate of drug-likeness (QED) is 0.784. The zero-order valence-electron chi connectivity index (χ0n) is 12.3. The van der Waals surface area contributed by atoms with E-state index in [4.69, 9.17) is 18.9 Å². The summed E-state index contributed by atoms with van der Waals surface area (Å²) in [5.41, 5.74) is -0.155. The van der Waals surface area contributed by atoms with Crippen molar-refractivity contribution in [3.05, 3.63) is 24.7 Å². The molecule has 0 aromatic rings. The van der Waals surface area contributed by atoms with E-state index in [2.05, 4.69) is 0 Å². The molecule has 0 atom stereocenters. The Morgan fingerprint density at radius 1 is 0.737 bits per heavy atom. The Morgan fingerprint density at radius 3 is 1.32 bits per heavy atom. The zero-order chi connectivity index (χ0) is 13.9. The predicted molar refractivity (Wildman–Crippen MR) is 71.6 cm³/mol. The van der Waals surface area contributed by atoms with E-state index in [9.17, 15) is 0 Å². The summed E-state index contributed by atoms with van der Waals surface area (Å²) in [6.07, 6.45) is 3.52. The summed E-state index contributed by atoms with van der Waals surface area (Å²) in [5, 5.41) is 0. The average molecular weight is 268 g/mol. The molecule has 2 aliphatic rings. The summed E-state index contributed by atoms with van der Waals surface area (Å²) >= 11 is 0. The maximum absolute atomic E-state index is 5.72. The molecule has 0 unspecified atom stereocenters. The van der Waals surface area contributed by atoms with E-state index in [0.717, 1.165) is 0 Å². The Hall–Kier alpha value is -0.160. The first kappa shape index (κ1) is 15.2. The number of hydrogen-bond donors (Lipinski definition) is 0. The van der Waals surface area contributed by atoms with Crippen molar-refractivity contribution in [2.24, 2.45) is 5.41 Å². The molecule has 4 nitrogen and oxygen atoms in total. The molecule has 0 aromatic heterocycles. The molecule has 0 amide bonds.